The second kappa shape index (κ2) is 5.83. The van der Waals surface area contributed by atoms with E-state index < -0.39 is 0 Å². The number of fused-ring (bicyclic) bond motifs is 1. The van der Waals surface area contributed by atoms with Crippen LogP contribution in [0.2, 0.25) is 0 Å². The lowest BCUT2D eigenvalue weighted by Crippen LogP contribution is -2.44. The van der Waals surface area contributed by atoms with Crippen LogP contribution in [0.4, 0.5) is 0 Å². The largest absolute Gasteiger partial charge is 0.341 e. The molecule has 2 atom stereocenters. The zero-order valence-electron chi connectivity index (χ0n) is 13.2. The highest BCUT2D eigenvalue weighted by Gasteiger charge is 2.25. The molecule has 2 aromatic rings. The normalized spacial score (nSPS) is 22.2. The Bertz CT molecular complexity index is 754. The molecule has 0 saturated carbocycles. The van der Waals surface area contributed by atoms with Crippen molar-refractivity contribution < 1.29 is 4.79 Å². The monoisotopic (exact) mass is 319 g/mol. The SMILES string of the molecule is Cc1cc2c(=O)n(CC(=O)N3C[C@H](C)C[C@@H](C)C3)cnc2s1. The van der Waals surface area contributed by atoms with Gasteiger partial charge in [-0.2, -0.15) is 0 Å². The molecule has 1 amide bonds. The van der Waals surface area contributed by atoms with Crippen molar-refractivity contribution in [3.8, 4) is 0 Å². The summed E-state index contributed by atoms with van der Waals surface area (Å²) >= 11 is 1.50. The van der Waals surface area contributed by atoms with Crippen molar-refractivity contribution in [3.05, 3.63) is 27.6 Å². The summed E-state index contributed by atoms with van der Waals surface area (Å²) in [6, 6.07) is 1.85. The zero-order chi connectivity index (χ0) is 15.9. The van der Waals surface area contributed by atoms with E-state index in [2.05, 4.69) is 18.8 Å². The van der Waals surface area contributed by atoms with Gasteiger partial charge in [0.15, 0.2) is 0 Å². The third-order valence-corrected chi connectivity index (χ3v) is 5.13. The molecule has 0 aromatic carbocycles. The predicted molar refractivity (Wildman–Crippen MR) is 88.1 cm³/mol. The van der Waals surface area contributed by atoms with Gasteiger partial charge in [-0.15, -0.1) is 11.3 Å². The maximum Gasteiger partial charge on any atom is 0.262 e. The van der Waals surface area contributed by atoms with Gasteiger partial charge in [0.05, 0.1) is 11.7 Å². The first-order chi connectivity index (χ1) is 10.4. The van der Waals surface area contributed by atoms with Crippen LogP contribution in [0, 0.1) is 18.8 Å². The van der Waals surface area contributed by atoms with Crippen molar-refractivity contribution in [1.82, 2.24) is 14.5 Å². The third-order valence-electron chi connectivity index (χ3n) is 4.17. The van der Waals surface area contributed by atoms with Gasteiger partial charge in [-0.05, 0) is 31.2 Å². The van der Waals surface area contributed by atoms with Crippen LogP contribution >= 0.6 is 11.3 Å². The number of hydrogen-bond acceptors (Lipinski definition) is 4. The molecular weight excluding hydrogens is 298 g/mol. The molecule has 2 aromatic heterocycles. The first-order valence-corrected chi connectivity index (χ1v) is 8.49. The van der Waals surface area contributed by atoms with E-state index in [9.17, 15) is 9.59 Å². The van der Waals surface area contributed by atoms with Gasteiger partial charge in [-0.1, -0.05) is 13.8 Å². The quantitative estimate of drug-likeness (QED) is 0.853. The summed E-state index contributed by atoms with van der Waals surface area (Å²) in [5.74, 6) is 1.04. The predicted octanol–water partition coefficient (Wildman–Crippen LogP) is 2.27. The zero-order valence-corrected chi connectivity index (χ0v) is 14.0. The minimum atomic E-state index is -0.124. The topological polar surface area (TPSA) is 55.2 Å². The first-order valence-electron chi connectivity index (χ1n) is 7.67. The van der Waals surface area contributed by atoms with Crippen LogP contribution in [-0.2, 0) is 11.3 Å². The van der Waals surface area contributed by atoms with E-state index in [0.717, 1.165) is 29.2 Å². The minimum absolute atomic E-state index is 0.00796. The molecular formula is C16H21N3O2S. The fourth-order valence-corrected chi connectivity index (χ4v) is 4.14. The number of aromatic nitrogens is 2. The van der Waals surface area contributed by atoms with Gasteiger partial charge in [0.1, 0.15) is 11.4 Å². The molecule has 3 heterocycles. The van der Waals surface area contributed by atoms with Gasteiger partial charge in [-0.25, -0.2) is 4.98 Å². The number of rotatable bonds is 2. The number of nitrogens with zero attached hydrogens (tertiary/aromatic N) is 3. The van der Waals surface area contributed by atoms with E-state index in [0.29, 0.717) is 17.2 Å². The molecule has 118 valence electrons. The summed E-state index contributed by atoms with van der Waals surface area (Å²) < 4.78 is 1.43. The highest BCUT2D eigenvalue weighted by atomic mass is 32.1. The first kappa shape index (κ1) is 15.2. The molecule has 1 saturated heterocycles. The Morgan fingerprint density at radius 2 is 2.05 bits per heavy atom. The molecule has 3 rings (SSSR count). The summed E-state index contributed by atoms with van der Waals surface area (Å²) in [5.41, 5.74) is -0.124. The molecule has 1 fully saturated rings. The number of aryl methyl sites for hydroxylation is 1. The molecule has 0 aliphatic carbocycles. The molecule has 0 radical (unpaired) electrons. The van der Waals surface area contributed by atoms with Crippen LogP contribution in [0.25, 0.3) is 10.2 Å². The second-order valence-corrected chi connectivity index (χ2v) is 7.73. The summed E-state index contributed by atoms with van der Waals surface area (Å²) in [6.45, 7) is 7.94. The fourth-order valence-electron chi connectivity index (χ4n) is 3.31. The number of likely N-dealkylation sites (tertiary alicyclic amines) is 1. The van der Waals surface area contributed by atoms with Crippen LogP contribution in [-0.4, -0.2) is 33.4 Å². The van der Waals surface area contributed by atoms with Crippen LogP contribution in [0.3, 0.4) is 0 Å². The van der Waals surface area contributed by atoms with Gasteiger partial charge in [0, 0.05) is 18.0 Å². The molecule has 6 heteroatoms. The van der Waals surface area contributed by atoms with Crippen molar-refractivity contribution >= 4 is 27.5 Å². The average Bonchev–Trinajstić information content (AvgIpc) is 2.82. The van der Waals surface area contributed by atoms with E-state index in [4.69, 9.17) is 0 Å². The van der Waals surface area contributed by atoms with Gasteiger partial charge in [0.2, 0.25) is 5.91 Å². The van der Waals surface area contributed by atoms with Crippen molar-refractivity contribution in [2.24, 2.45) is 11.8 Å². The van der Waals surface area contributed by atoms with E-state index in [-0.39, 0.29) is 18.0 Å². The average molecular weight is 319 g/mol. The highest BCUT2D eigenvalue weighted by Crippen LogP contribution is 2.21. The van der Waals surface area contributed by atoms with Gasteiger partial charge in [0.25, 0.3) is 5.56 Å². The lowest BCUT2D eigenvalue weighted by molar-refractivity contribution is -0.134. The van der Waals surface area contributed by atoms with E-state index in [1.54, 1.807) is 0 Å². The number of amides is 1. The second-order valence-electron chi connectivity index (χ2n) is 6.50. The Morgan fingerprint density at radius 1 is 1.36 bits per heavy atom. The summed E-state index contributed by atoms with van der Waals surface area (Å²) in [5, 5.41) is 0.609. The Balaban J connectivity index is 1.82. The van der Waals surface area contributed by atoms with Gasteiger partial charge < -0.3 is 4.90 Å². The maximum atomic E-state index is 12.5. The highest BCUT2D eigenvalue weighted by molar-refractivity contribution is 7.18. The number of thiophene rings is 1. The Labute approximate surface area is 133 Å². The fraction of sp³-hybridized carbons (Fsp3) is 0.562. The summed E-state index contributed by atoms with van der Waals surface area (Å²) in [4.78, 5) is 32.9. The number of carbonyl (C=O) groups is 1. The molecule has 1 aliphatic rings. The van der Waals surface area contributed by atoms with E-state index in [1.165, 1.54) is 22.2 Å². The summed E-state index contributed by atoms with van der Waals surface area (Å²) in [7, 11) is 0. The van der Waals surface area contributed by atoms with Crippen LogP contribution in [0.1, 0.15) is 25.1 Å². The molecule has 1 aliphatic heterocycles. The van der Waals surface area contributed by atoms with Crippen LogP contribution < -0.4 is 5.56 Å². The Morgan fingerprint density at radius 3 is 2.73 bits per heavy atom. The van der Waals surface area contributed by atoms with Gasteiger partial charge >= 0.3 is 0 Å². The smallest absolute Gasteiger partial charge is 0.262 e. The van der Waals surface area contributed by atoms with Crippen molar-refractivity contribution in [1.29, 1.82) is 0 Å². The van der Waals surface area contributed by atoms with Crippen LogP contribution in [0.15, 0.2) is 17.2 Å². The number of carbonyl (C=O) groups excluding carboxylic acids is 1. The number of piperidine rings is 1. The third kappa shape index (κ3) is 2.92. The Kier molecular flexibility index (Phi) is 4.04. The lowest BCUT2D eigenvalue weighted by atomic mass is 9.92. The van der Waals surface area contributed by atoms with Gasteiger partial charge in [-0.3, -0.25) is 14.2 Å². The van der Waals surface area contributed by atoms with Crippen molar-refractivity contribution in [2.75, 3.05) is 13.1 Å². The number of hydrogen-bond donors (Lipinski definition) is 0. The standard InChI is InChI=1S/C16H21N3O2S/c1-10-4-11(2)7-18(6-10)14(20)8-19-9-17-15-13(16(19)21)5-12(3)22-15/h5,9-11H,4,6-8H2,1-3H3/t10-,11-/m1/s1. The molecule has 0 bridgehead atoms. The summed E-state index contributed by atoms with van der Waals surface area (Å²) in [6.07, 6.45) is 2.65. The van der Waals surface area contributed by atoms with Crippen molar-refractivity contribution in [2.45, 2.75) is 33.7 Å². The van der Waals surface area contributed by atoms with E-state index in [1.807, 2.05) is 17.9 Å². The molecule has 0 N–H and O–H groups in total. The van der Waals surface area contributed by atoms with Crippen molar-refractivity contribution in [3.63, 3.8) is 0 Å². The minimum Gasteiger partial charge on any atom is -0.341 e. The molecule has 0 spiro atoms. The molecule has 0 unspecified atom stereocenters. The Hall–Kier alpha value is -1.69. The molecule has 22 heavy (non-hydrogen) atoms. The van der Waals surface area contributed by atoms with Crippen LogP contribution in [0.5, 0.6) is 0 Å². The maximum absolute atomic E-state index is 12.5. The lowest BCUT2D eigenvalue weighted by Gasteiger charge is -2.35. The van der Waals surface area contributed by atoms with E-state index >= 15 is 0 Å². The molecule has 5 nitrogen and oxygen atoms in total.